The molecular weight excluding hydrogens is 278 g/mol. The molecule has 0 aromatic heterocycles. The van der Waals surface area contributed by atoms with Gasteiger partial charge in [0.05, 0.1) is 5.41 Å². The Morgan fingerprint density at radius 2 is 2.15 bits per heavy atom. The number of nitrogens with two attached hydrogens (primary N) is 1. The van der Waals surface area contributed by atoms with Crippen molar-refractivity contribution in [1.82, 2.24) is 0 Å². The first-order valence-corrected chi connectivity index (χ1v) is 7.05. The zero-order valence-electron chi connectivity index (χ0n) is 12.1. The lowest BCUT2D eigenvalue weighted by Gasteiger charge is -2.22. The van der Waals surface area contributed by atoms with Crippen LogP contribution >= 0.6 is 11.6 Å². The number of carboxylic acids is 1. The Hall–Kier alpha value is -1.26. The zero-order chi connectivity index (χ0) is 15.3. The minimum Gasteiger partial charge on any atom is -0.492 e. The van der Waals surface area contributed by atoms with Crippen LogP contribution in [0.3, 0.4) is 0 Å². The van der Waals surface area contributed by atoms with E-state index >= 15 is 0 Å². The van der Waals surface area contributed by atoms with Crippen molar-refractivity contribution >= 4 is 17.6 Å². The Balaban J connectivity index is 2.90. The van der Waals surface area contributed by atoms with Crippen molar-refractivity contribution in [3.8, 4) is 5.75 Å². The summed E-state index contributed by atoms with van der Waals surface area (Å²) < 4.78 is 5.67. The van der Waals surface area contributed by atoms with Crippen molar-refractivity contribution in [1.29, 1.82) is 0 Å². The van der Waals surface area contributed by atoms with Gasteiger partial charge in [0.1, 0.15) is 12.4 Å². The predicted octanol–water partition coefficient (Wildman–Crippen LogP) is 3.11. The summed E-state index contributed by atoms with van der Waals surface area (Å²) in [7, 11) is 0. The van der Waals surface area contributed by atoms with E-state index in [-0.39, 0.29) is 12.6 Å². The highest BCUT2D eigenvalue weighted by atomic mass is 35.5. The Kier molecular flexibility index (Phi) is 5.84. The highest BCUT2D eigenvalue weighted by Gasteiger charge is 2.28. The summed E-state index contributed by atoms with van der Waals surface area (Å²) in [5.74, 6) is -0.290. The van der Waals surface area contributed by atoms with Crippen LogP contribution in [0.5, 0.6) is 5.75 Å². The van der Waals surface area contributed by atoms with Crippen molar-refractivity contribution in [3.05, 3.63) is 28.8 Å². The average Bonchev–Trinajstić information content (AvgIpc) is 2.39. The zero-order valence-corrected chi connectivity index (χ0v) is 12.9. The first-order valence-electron chi connectivity index (χ1n) is 6.67. The van der Waals surface area contributed by atoms with E-state index in [2.05, 4.69) is 0 Å². The van der Waals surface area contributed by atoms with Crippen LogP contribution in [0.2, 0.25) is 5.02 Å². The normalized spacial score (nSPS) is 13.1. The van der Waals surface area contributed by atoms with Crippen LogP contribution in [0.25, 0.3) is 0 Å². The Bertz CT molecular complexity index is 474. The first kappa shape index (κ1) is 16.8. The molecule has 0 aliphatic carbocycles. The molecule has 112 valence electrons. The van der Waals surface area contributed by atoms with Crippen LogP contribution in [0, 0.1) is 5.41 Å². The molecule has 1 aromatic carbocycles. The van der Waals surface area contributed by atoms with Crippen LogP contribution in [-0.4, -0.2) is 23.7 Å². The SMILES string of the molecule is CCC(N)Cc1c(Cl)cccc1OCC(C)(C)C(=O)O. The highest BCUT2D eigenvalue weighted by Crippen LogP contribution is 2.29. The molecule has 0 aliphatic heterocycles. The largest absolute Gasteiger partial charge is 0.492 e. The van der Waals surface area contributed by atoms with E-state index in [0.717, 1.165) is 12.0 Å². The lowest BCUT2D eigenvalue weighted by Crippen LogP contribution is -2.31. The van der Waals surface area contributed by atoms with Crippen LogP contribution in [0.15, 0.2) is 18.2 Å². The van der Waals surface area contributed by atoms with Gasteiger partial charge in [0.2, 0.25) is 0 Å². The number of hydrogen-bond acceptors (Lipinski definition) is 3. The second kappa shape index (κ2) is 6.95. The van der Waals surface area contributed by atoms with Crippen LogP contribution in [0.4, 0.5) is 0 Å². The monoisotopic (exact) mass is 299 g/mol. The molecule has 0 bridgehead atoms. The number of hydrogen-bond donors (Lipinski definition) is 2. The molecule has 3 N–H and O–H groups in total. The van der Waals surface area contributed by atoms with Gasteiger partial charge < -0.3 is 15.6 Å². The van der Waals surface area contributed by atoms with Crippen molar-refractivity contribution in [2.45, 2.75) is 39.7 Å². The number of benzene rings is 1. The molecule has 1 aromatic rings. The summed E-state index contributed by atoms with van der Waals surface area (Å²) in [6.45, 7) is 5.33. The van der Waals surface area contributed by atoms with E-state index in [1.54, 1.807) is 32.0 Å². The molecule has 0 spiro atoms. The molecule has 4 nitrogen and oxygen atoms in total. The lowest BCUT2D eigenvalue weighted by molar-refractivity contribution is -0.148. The Labute approximate surface area is 124 Å². The smallest absolute Gasteiger partial charge is 0.312 e. The fraction of sp³-hybridized carbons (Fsp3) is 0.533. The van der Waals surface area contributed by atoms with Crippen LogP contribution in [-0.2, 0) is 11.2 Å². The maximum Gasteiger partial charge on any atom is 0.312 e. The van der Waals surface area contributed by atoms with Crippen LogP contribution in [0.1, 0.15) is 32.8 Å². The van der Waals surface area contributed by atoms with Gasteiger partial charge in [-0.25, -0.2) is 0 Å². The maximum absolute atomic E-state index is 11.1. The van der Waals surface area contributed by atoms with Gasteiger partial charge in [0.15, 0.2) is 0 Å². The average molecular weight is 300 g/mol. The van der Waals surface area contributed by atoms with Gasteiger partial charge in [0.25, 0.3) is 0 Å². The third kappa shape index (κ3) is 4.39. The van der Waals surface area contributed by atoms with Gasteiger partial charge >= 0.3 is 5.97 Å². The third-order valence-electron chi connectivity index (χ3n) is 3.23. The molecule has 1 unspecified atom stereocenters. The molecule has 0 saturated heterocycles. The lowest BCUT2D eigenvalue weighted by atomic mass is 9.95. The topological polar surface area (TPSA) is 72.5 Å². The van der Waals surface area contributed by atoms with E-state index in [0.29, 0.717) is 17.2 Å². The molecule has 1 rings (SSSR count). The minimum absolute atomic E-state index is 0.00438. The third-order valence-corrected chi connectivity index (χ3v) is 3.59. The number of halogens is 1. The van der Waals surface area contributed by atoms with Crippen molar-refractivity contribution < 1.29 is 14.6 Å². The summed E-state index contributed by atoms with van der Waals surface area (Å²) in [6, 6.07) is 5.37. The molecule has 0 saturated carbocycles. The summed E-state index contributed by atoms with van der Waals surface area (Å²) in [5.41, 5.74) is 5.85. The highest BCUT2D eigenvalue weighted by molar-refractivity contribution is 6.31. The van der Waals surface area contributed by atoms with Crippen molar-refractivity contribution in [3.63, 3.8) is 0 Å². The van der Waals surface area contributed by atoms with E-state index in [1.165, 1.54) is 0 Å². The number of aliphatic carboxylic acids is 1. The summed E-state index contributed by atoms with van der Waals surface area (Å²) in [6.07, 6.45) is 1.45. The van der Waals surface area contributed by atoms with E-state index in [1.807, 2.05) is 6.92 Å². The second-order valence-corrected chi connectivity index (χ2v) is 5.97. The number of carbonyl (C=O) groups is 1. The molecule has 0 radical (unpaired) electrons. The molecular formula is C15H22ClNO3. The fourth-order valence-electron chi connectivity index (χ4n) is 1.60. The standard InChI is InChI=1S/C15H22ClNO3/c1-4-10(17)8-11-12(16)6-5-7-13(11)20-9-15(2,3)14(18)19/h5-7,10H,4,8-9,17H2,1-3H3,(H,18,19). The van der Waals surface area contributed by atoms with Gasteiger partial charge in [-0.3, -0.25) is 4.79 Å². The molecule has 0 amide bonds. The summed E-state index contributed by atoms with van der Waals surface area (Å²) >= 11 is 6.19. The first-order chi connectivity index (χ1) is 9.27. The fourth-order valence-corrected chi connectivity index (χ4v) is 1.84. The molecule has 20 heavy (non-hydrogen) atoms. The predicted molar refractivity (Wildman–Crippen MR) is 80.3 cm³/mol. The number of rotatable bonds is 7. The number of ether oxygens (including phenoxy) is 1. The second-order valence-electron chi connectivity index (χ2n) is 5.57. The minimum atomic E-state index is -0.952. The molecule has 0 aliphatic rings. The Morgan fingerprint density at radius 3 is 2.70 bits per heavy atom. The van der Waals surface area contributed by atoms with Gasteiger partial charge in [-0.2, -0.15) is 0 Å². The molecule has 0 fully saturated rings. The quantitative estimate of drug-likeness (QED) is 0.811. The molecule has 1 atom stereocenters. The van der Waals surface area contributed by atoms with Gasteiger partial charge in [-0.05, 0) is 38.8 Å². The van der Waals surface area contributed by atoms with Gasteiger partial charge in [-0.15, -0.1) is 0 Å². The van der Waals surface area contributed by atoms with Gasteiger partial charge in [-0.1, -0.05) is 24.6 Å². The van der Waals surface area contributed by atoms with Gasteiger partial charge in [0, 0.05) is 16.6 Å². The molecule has 5 heteroatoms. The van der Waals surface area contributed by atoms with E-state index in [9.17, 15) is 4.79 Å². The molecule has 0 heterocycles. The Morgan fingerprint density at radius 1 is 1.50 bits per heavy atom. The van der Waals surface area contributed by atoms with Crippen molar-refractivity contribution in [2.75, 3.05) is 6.61 Å². The summed E-state index contributed by atoms with van der Waals surface area (Å²) in [4.78, 5) is 11.1. The number of carboxylic acid groups (broad SMARTS) is 1. The van der Waals surface area contributed by atoms with Crippen molar-refractivity contribution in [2.24, 2.45) is 11.1 Å². The van der Waals surface area contributed by atoms with E-state index in [4.69, 9.17) is 27.2 Å². The maximum atomic E-state index is 11.1. The van der Waals surface area contributed by atoms with E-state index < -0.39 is 11.4 Å². The summed E-state index contributed by atoms with van der Waals surface area (Å²) in [5, 5.41) is 9.70. The van der Waals surface area contributed by atoms with Crippen LogP contribution < -0.4 is 10.5 Å².